The molecular weight excluding hydrogens is 240 g/mol. The largest absolute Gasteiger partial charge is 0.355 e. The van der Waals surface area contributed by atoms with Crippen LogP contribution in [0.15, 0.2) is 40.9 Å². The molecule has 1 atom stereocenters. The maximum Gasteiger partial charge on any atom is 0.273 e. The normalized spacial score (nSPS) is 16.1. The van der Waals surface area contributed by atoms with Gasteiger partial charge in [0.1, 0.15) is 0 Å². The Morgan fingerprint density at radius 3 is 2.79 bits per heavy atom. The van der Waals surface area contributed by atoms with Crippen molar-refractivity contribution in [2.24, 2.45) is 5.92 Å². The molecule has 2 aromatic rings. The van der Waals surface area contributed by atoms with Crippen LogP contribution in [0.1, 0.15) is 30.3 Å². The van der Waals surface area contributed by atoms with Crippen LogP contribution in [0.3, 0.4) is 0 Å². The molecule has 1 aliphatic rings. The van der Waals surface area contributed by atoms with Gasteiger partial charge >= 0.3 is 0 Å². The number of hydrogen-bond acceptors (Lipinski definition) is 3. The highest BCUT2D eigenvalue weighted by molar-refractivity contribution is 5.93. The van der Waals surface area contributed by atoms with Gasteiger partial charge in [-0.25, -0.2) is 0 Å². The summed E-state index contributed by atoms with van der Waals surface area (Å²) < 4.78 is 5.22. The van der Waals surface area contributed by atoms with Crippen LogP contribution in [-0.4, -0.2) is 17.1 Å². The van der Waals surface area contributed by atoms with Crippen molar-refractivity contribution >= 4 is 5.91 Å². The second-order valence-corrected chi connectivity index (χ2v) is 5.04. The lowest BCUT2D eigenvalue weighted by Gasteiger charge is -2.10. The van der Waals surface area contributed by atoms with Gasteiger partial charge in [-0.15, -0.1) is 0 Å². The first kappa shape index (κ1) is 12.0. The first-order valence-corrected chi connectivity index (χ1v) is 6.57. The molecule has 1 heterocycles. The van der Waals surface area contributed by atoms with E-state index in [4.69, 9.17) is 4.52 Å². The van der Waals surface area contributed by atoms with Gasteiger partial charge in [0.2, 0.25) is 0 Å². The summed E-state index contributed by atoms with van der Waals surface area (Å²) in [5.74, 6) is 1.08. The summed E-state index contributed by atoms with van der Waals surface area (Å²) in [5, 5.41) is 6.80. The van der Waals surface area contributed by atoms with Crippen molar-refractivity contribution < 1.29 is 9.32 Å². The van der Waals surface area contributed by atoms with Crippen molar-refractivity contribution in [3.63, 3.8) is 0 Å². The molecule has 4 nitrogen and oxygen atoms in total. The first-order valence-electron chi connectivity index (χ1n) is 6.57. The first-order chi connectivity index (χ1) is 9.24. The van der Waals surface area contributed by atoms with Gasteiger partial charge in [0, 0.05) is 17.7 Å². The van der Waals surface area contributed by atoms with Crippen molar-refractivity contribution in [2.75, 3.05) is 0 Å². The summed E-state index contributed by atoms with van der Waals surface area (Å²) in [7, 11) is 0. The quantitative estimate of drug-likeness (QED) is 0.915. The summed E-state index contributed by atoms with van der Waals surface area (Å²) in [6, 6.07) is 11.5. The average Bonchev–Trinajstić information content (AvgIpc) is 3.17. The Labute approximate surface area is 111 Å². The average molecular weight is 256 g/mol. The molecule has 0 spiro atoms. The molecule has 1 aliphatic carbocycles. The highest BCUT2D eigenvalue weighted by atomic mass is 16.5. The molecule has 1 unspecified atom stereocenters. The summed E-state index contributed by atoms with van der Waals surface area (Å²) in [4.78, 5) is 12.0. The Morgan fingerprint density at radius 2 is 2.11 bits per heavy atom. The van der Waals surface area contributed by atoms with Crippen LogP contribution in [0.2, 0.25) is 0 Å². The van der Waals surface area contributed by atoms with E-state index in [9.17, 15) is 4.79 Å². The van der Waals surface area contributed by atoms with Crippen molar-refractivity contribution in [3.8, 4) is 11.3 Å². The minimum Gasteiger partial charge on any atom is -0.355 e. The van der Waals surface area contributed by atoms with E-state index in [1.165, 1.54) is 12.8 Å². The standard InChI is InChI=1S/C15H16N2O2/c1-10(11-7-8-11)16-15(18)13-9-14(19-17-13)12-5-3-2-4-6-12/h2-6,9-11H,7-8H2,1H3,(H,16,18). The van der Waals surface area contributed by atoms with Gasteiger partial charge in [0.05, 0.1) is 0 Å². The fourth-order valence-corrected chi connectivity index (χ4v) is 2.12. The van der Waals surface area contributed by atoms with Gasteiger partial charge < -0.3 is 9.84 Å². The smallest absolute Gasteiger partial charge is 0.273 e. The molecular formula is C15H16N2O2. The second-order valence-electron chi connectivity index (χ2n) is 5.04. The predicted molar refractivity (Wildman–Crippen MR) is 71.6 cm³/mol. The van der Waals surface area contributed by atoms with Crippen molar-refractivity contribution in [1.82, 2.24) is 10.5 Å². The Balaban J connectivity index is 1.72. The fourth-order valence-electron chi connectivity index (χ4n) is 2.12. The molecule has 0 bridgehead atoms. The molecule has 19 heavy (non-hydrogen) atoms. The highest BCUT2D eigenvalue weighted by Crippen LogP contribution is 2.32. The summed E-state index contributed by atoms with van der Waals surface area (Å²) >= 11 is 0. The number of nitrogens with one attached hydrogen (secondary N) is 1. The van der Waals surface area contributed by atoms with E-state index in [-0.39, 0.29) is 11.9 Å². The molecule has 3 rings (SSSR count). The Bertz CT molecular complexity index is 573. The summed E-state index contributed by atoms with van der Waals surface area (Å²) in [5.41, 5.74) is 1.26. The maximum atomic E-state index is 12.0. The van der Waals surface area contributed by atoms with Gasteiger partial charge in [-0.2, -0.15) is 0 Å². The lowest BCUT2D eigenvalue weighted by molar-refractivity contribution is 0.0927. The van der Waals surface area contributed by atoms with Crippen molar-refractivity contribution in [3.05, 3.63) is 42.1 Å². The lowest BCUT2D eigenvalue weighted by atomic mass is 10.1. The molecule has 1 amide bonds. The molecule has 0 radical (unpaired) electrons. The maximum absolute atomic E-state index is 12.0. The number of carbonyl (C=O) groups excluding carboxylic acids is 1. The van der Waals surface area contributed by atoms with E-state index in [0.717, 1.165) is 5.56 Å². The molecule has 1 aromatic heterocycles. The Hall–Kier alpha value is -2.10. The van der Waals surface area contributed by atoms with Crippen LogP contribution in [0, 0.1) is 5.92 Å². The summed E-state index contributed by atoms with van der Waals surface area (Å²) in [6.07, 6.45) is 2.41. The van der Waals surface area contributed by atoms with E-state index in [2.05, 4.69) is 10.5 Å². The third-order valence-electron chi connectivity index (χ3n) is 3.49. The molecule has 98 valence electrons. The zero-order chi connectivity index (χ0) is 13.2. The van der Waals surface area contributed by atoms with Crippen molar-refractivity contribution in [1.29, 1.82) is 0 Å². The molecule has 0 saturated heterocycles. The minimum atomic E-state index is -0.162. The van der Waals surface area contributed by atoms with Crippen LogP contribution in [0.25, 0.3) is 11.3 Å². The zero-order valence-electron chi connectivity index (χ0n) is 10.8. The lowest BCUT2D eigenvalue weighted by Crippen LogP contribution is -2.34. The van der Waals surface area contributed by atoms with E-state index in [1.54, 1.807) is 6.07 Å². The van der Waals surface area contributed by atoms with Gasteiger partial charge in [-0.05, 0) is 25.7 Å². The number of hydrogen-bond donors (Lipinski definition) is 1. The SMILES string of the molecule is CC(NC(=O)c1cc(-c2ccccc2)on1)C1CC1. The molecule has 1 N–H and O–H groups in total. The van der Waals surface area contributed by atoms with Crippen LogP contribution >= 0.6 is 0 Å². The topological polar surface area (TPSA) is 55.1 Å². The zero-order valence-corrected chi connectivity index (χ0v) is 10.8. The van der Waals surface area contributed by atoms with Gasteiger partial charge in [-0.3, -0.25) is 4.79 Å². The number of amides is 1. The number of aromatic nitrogens is 1. The minimum absolute atomic E-state index is 0.162. The van der Waals surface area contributed by atoms with E-state index in [1.807, 2.05) is 37.3 Å². The fraction of sp³-hybridized carbons (Fsp3) is 0.333. The van der Waals surface area contributed by atoms with Crippen LogP contribution < -0.4 is 5.32 Å². The second kappa shape index (κ2) is 4.88. The third kappa shape index (κ3) is 2.67. The van der Waals surface area contributed by atoms with E-state index < -0.39 is 0 Å². The highest BCUT2D eigenvalue weighted by Gasteiger charge is 2.29. The Morgan fingerprint density at radius 1 is 1.37 bits per heavy atom. The number of carbonyl (C=O) groups is 1. The monoisotopic (exact) mass is 256 g/mol. The number of rotatable bonds is 4. The molecule has 1 fully saturated rings. The molecule has 0 aliphatic heterocycles. The Kier molecular flexibility index (Phi) is 3.07. The molecule has 4 heteroatoms. The molecule has 1 aromatic carbocycles. The van der Waals surface area contributed by atoms with E-state index >= 15 is 0 Å². The van der Waals surface area contributed by atoms with Gasteiger partial charge in [0.25, 0.3) is 5.91 Å². The predicted octanol–water partition coefficient (Wildman–Crippen LogP) is 2.87. The number of benzene rings is 1. The van der Waals surface area contributed by atoms with Crippen molar-refractivity contribution in [2.45, 2.75) is 25.8 Å². The van der Waals surface area contributed by atoms with Gasteiger partial charge in [-0.1, -0.05) is 35.5 Å². The third-order valence-corrected chi connectivity index (χ3v) is 3.49. The molecule has 1 saturated carbocycles. The van der Waals surface area contributed by atoms with Crippen LogP contribution in [-0.2, 0) is 0 Å². The van der Waals surface area contributed by atoms with Gasteiger partial charge in [0.15, 0.2) is 11.5 Å². The van der Waals surface area contributed by atoms with E-state index in [0.29, 0.717) is 17.4 Å². The number of nitrogens with zero attached hydrogens (tertiary/aromatic N) is 1. The summed E-state index contributed by atoms with van der Waals surface area (Å²) in [6.45, 7) is 2.04. The van der Waals surface area contributed by atoms with Crippen LogP contribution in [0.4, 0.5) is 0 Å². The van der Waals surface area contributed by atoms with Crippen LogP contribution in [0.5, 0.6) is 0 Å².